The molecule has 0 amide bonds. The Labute approximate surface area is 193 Å². The summed E-state index contributed by atoms with van der Waals surface area (Å²) in [4.78, 5) is 4.71. The topological polar surface area (TPSA) is 45.5 Å². The van der Waals surface area contributed by atoms with E-state index in [0.717, 1.165) is 16.6 Å². The molecule has 5 nitrogen and oxygen atoms in total. The van der Waals surface area contributed by atoms with E-state index in [2.05, 4.69) is 4.74 Å². The van der Waals surface area contributed by atoms with Crippen LogP contribution in [-0.2, 0) is 13.2 Å². The van der Waals surface area contributed by atoms with Crippen LogP contribution in [0.25, 0.3) is 11.0 Å². The van der Waals surface area contributed by atoms with Gasteiger partial charge in [0, 0.05) is 17.6 Å². The predicted molar refractivity (Wildman–Crippen MR) is 119 cm³/mol. The van der Waals surface area contributed by atoms with Gasteiger partial charge in [-0.05, 0) is 55.0 Å². The van der Waals surface area contributed by atoms with E-state index in [0.29, 0.717) is 35.5 Å². The lowest BCUT2D eigenvalue weighted by Gasteiger charge is -2.12. The molecule has 0 aliphatic carbocycles. The number of nitrogens with zero attached hydrogens (tertiary/aromatic N) is 2. The summed E-state index contributed by atoms with van der Waals surface area (Å²) < 4.78 is 54.7. The van der Waals surface area contributed by atoms with Crippen LogP contribution in [-0.4, -0.2) is 22.5 Å². The van der Waals surface area contributed by atoms with Gasteiger partial charge in [0.25, 0.3) is 0 Å². The van der Waals surface area contributed by atoms with E-state index in [9.17, 15) is 13.2 Å². The lowest BCUT2D eigenvalue weighted by molar-refractivity contribution is -0.274. The molecule has 3 aromatic carbocycles. The van der Waals surface area contributed by atoms with Crippen LogP contribution in [0.1, 0.15) is 18.3 Å². The normalized spacial score (nSPS) is 11.5. The number of benzene rings is 3. The van der Waals surface area contributed by atoms with Crippen LogP contribution in [0.2, 0.25) is 5.02 Å². The largest absolute Gasteiger partial charge is 0.573 e. The quantitative estimate of drug-likeness (QED) is 0.287. The second-order valence-corrected chi connectivity index (χ2v) is 7.57. The number of ether oxygens (including phenoxy) is 3. The van der Waals surface area contributed by atoms with Crippen molar-refractivity contribution in [2.24, 2.45) is 0 Å². The first-order chi connectivity index (χ1) is 15.8. The molecule has 1 aromatic heterocycles. The Morgan fingerprint density at radius 3 is 2.33 bits per heavy atom. The third-order valence-electron chi connectivity index (χ3n) is 4.77. The smallest absolute Gasteiger partial charge is 0.494 e. The molecule has 0 aliphatic rings. The second kappa shape index (κ2) is 9.62. The summed E-state index contributed by atoms with van der Waals surface area (Å²) in [5.74, 6) is 1.68. The molecule has 1 heterocycles. The molecule has 0 atom stereocenters. The number of fused-ring (bicyclic) bond motifs is 1. The van der Waals surface area contributed by atoms with E-state index in [4.69, 9.17) is 26.1 Å². The minimum Gasteiger partial charge on any atom is -0.494 e. The van der Waals surface area contributed by atoms with Gasteiger partial charge in [0.15, 0.2) is 0 Å². The zero-order valence-electron chi connectivity index (χ0n) is 17.6. The van der Waals surface area contributed by atoms with Gasteiger partial charge in [-0.2, -0.15) is 0 Å². The van der Waals surface area contributed by atoms with Crippen LogP contribution < -0.4 is 14.2 Å². The van der Waals surface area contributed by atoms with Crippen molar-refractivity contribution >= 4 is 22.6 Å². The van der Waals surface area contributed by atoms with Gasteiger partial charge in [-0.15, -0.1) is 13.2 Å². The van der Waals surface area contributed by atoms with Crippen molar-refractivity contribution in [3.63, 3.8) is 0 Å². The highest BCUT2D eigenvalue weighted by Crippen LogP contribution is 2.26. The number of hydrogen-bond acceptors (Lipinski definition) is 4. The monoisotopic (exact) mass is 476 g/mol. The first kappa shape index (κ1) is 22.8. The Morgan fingerprint density at radius 2 is 1.64 bits per heavy atom. The van der Waals surface area contributed by atoms with Gasteiger partial charge in [0.05, 0.1) is 17.6 Å². The fourth-order valence-corrected chi connectivity index (χ4v) is 3.57. The molecular formula is C24H20ClF3N2O3. The van der Waals surface area contributed by atoms with Crippen molar-refractivity contribution in [1.82, 2.24) is 9.55 Å². The highest BCUT2D eigenvalue weighted by Gasteiger charge is 2.31. The number of alkyl halides is 3. The van der Waals surface area contributed by atoms with Crippen molar-refractivity contribution in [2.45, 2.75) is 26.4 Å². The van der Waals surface area contributed by atoms with E-state index < -0.39 is 6.36 Å². The van der Waals surface area contributed by atoms with E-state index >= 15 is 0 Å². The van der Waals surface area contributed by atoms with Crippen molar-refractivity contribution < 1.29 is 27.4 Å². The maximum atomic E-state index is 12.4. The highest BCUT2D eigenvalue weighted by molar-refractivity contribution is 6.30. The van der Waals surface area contributed by atoms with E-state index in [-0.39, 0.29) is 12.4 Å². The molecule has 0 saturated heterocycles. The van der Waals surface area contributed by atoms with Gasteiger partial charge in [0.2, 0.25) is 0 Å². The van der Waals surface area contributed by atoms with Crippen LogP contribution in [0.5, 0.6) is 17.2 Å². The Bertz CT molecular complexity index is 1240. The summed E-state index contributed by atoms with van der Waals surface area (Å²) in [6.45, 7) is 2.99. The zero-order chi connectivity index (χ0) is 23.4. The van der Waals surface area contributed by atoms with Gasteiger partial charge >= 0.3 is 6.36 Å². The third-order valence-corrected chi connectivity index (χ3v) is 5.01. The fourth-order valence-electron chi connectivity index (χ4n) is 3.39. The number of hydrogen-bond donors (Lipinski definition) is 0. The molecule has 0 saturated carbocycles. The first-order valence-electron chi connectivity index (χ1n) is 10.2. The Kier molecular flexibility index (Phi) is 6.65. The number of aromatic nitrogens is 2. The molecule has 33 heavy (non-hydrogen) atoms. The third kappa shape index (κ3) is 5.90. The summed E-state index contributed by atoms with van der Waals surface area (Å²) in [6, 6.07) is 18.4. The minimum absolute atomic E-state index is 0.175. The molecule has 0 aliphatic heterocycles. The zero-order valence-corrected chi connectivity index (χ0v) is 18.4. The molecule has 0 spiro atoms. The molecule has 0 N–H and O–H groups in total. The molecule has 0 unspecified atom stereocenters. The van der Waals surface area contributed by atoms with Crippen molar-refractivity contribution in [3.8, 4) is 17.2 Å². The molecule has 4 aromatic rings. The van der Waals surface area contributed by atoms with Crippen LogP contribution in [0.15, 0.2) is 66.7 Å². The molecule has 0 fully saturated rings. The van der Waals surface area contributed by atoms with Crippen molar-refractivity contribution in [1.29, 1.82) is 0 Å². The first-order valence-corrected chi connectivity index (χ1v) is 10.5. The summed E-state index contributed by atoms with van der Waals surface area (Å²) in [7, 11) is 0. The average Bonchev–Trinajstić information content (AvgIpc) is 3.09. The van der Waals surface area contributed by atoms with Gasteiger partial charge in [-0.3, -0.25) is 0 Å². The SMILES string of the molecule is CCOc1ccc2c(c1)nc(COc1cccc(Cl)c1)n2Cc1ccc(OC(F)(F)F)cc1. The van der Waals surface area contributed by atoms with Crippen LogP contribution in [0, 0.1) is 0 Å². The van der Waals surface area contributed by atoms with Crippen LogP contribution in [0.3, 0.4) is 0 Å². The number of imidazole rings is 1. The van der Waals surface area contributed by atoms with Crippen LogP contribution >= 0.6 is 11.6 Å². The van der Waals surface area contributed by atoms with E-state index in [1.807, 2.05) is 29.7 Å². The fraction of sp³-hybridized carbons (Fsp3) is 0.208. The minimum atomic E-state index is -4.73. The van der Waals surface area contributed by atoms with Gasteiger partial charge in [-0.1, -0.05) is 29.8 Å². The molecule has 4 rings (SSSR count). The predicted octanol–water partition coefficient (Wildman–Crippen LogP) is 6.61. The van der Waals surface area contributed by atoms with E-state index in [1.165, 1.54) is 12.1 Å². The maximum absolute atomic E-state index is 12.4. The summed E-state index contributed by atoms with van der Waals surface area (Å²) in [5.41, 5.74) is 2.35. The van der Waals surface area contributed by atoms with Gasteiger partial charge in [0.1, 0.15) is 29.7 Å². The highest BCUT2D eigenvalue weighted by atomic mass is 35.5. The van der Waals surface area contributed by atoms with Crippen molar-refractivity contribution in [2.75, 3.05) is 6.61 Å². The Balaban J connectivity index is 1.63. The molecular weight excluding hydrogens is 457 g/mol. The maximum Gasteiger partial charge on any atom is 0.573 e. The van der Waals surface area contributed by atoms with E-state index in [1.54, 1.807) is 36.4 Å². The molecule has 0 radical (unpaired) electrons. The summed E-state index contributed by atoms with van der Waals surface area (Å²) >= 11 is 6.03. The lowest BCUT2D eigenvalue weighted by Crippen LogP contribution is -2.17. The Hall–Kier alpha value is -3.39. The molecule has 9 heteroatoms. The molecule has 0 bridgehead atoms. The average molecular weight is 477 g/mol. The van der Waals surface area contributed by atoms with Crippen LogP contribution in [0.4, 0.5) is 13.2 Å². The Morgan fingerprint density at radius 1 is 0.909 bits per heavy atom. The second-order valence-electron chi connectivity index (χ2n) is 7.14. The lowest BCUT2D eigenvalue weighted by atomic mass is 10.2. The van der Waals surface area contributed by atoms with Gasteiger partial charge < -0.3 is 18.8 Å². The number of halogens is 4. The number of rotatable bonds is 8. The van der Waals surface area contributed by atoms with Crippen molar-refractivity contribution in [3.05, 3.63) is 83.1 Å². The molecule has 172 valence electrons. The standard InChI is InChI=1S/C24H20ClF3N2O3/c1-2-31-20-10-11-22-21(13-20)29-23(15-32-19-5-3-4-17(25)12-19)30(22)14-16-6-8-18(9-7-16)33-24(26,27)28/h3-13H,2,14-15H2,1H3. The van der Waals surface area contributed by atoms with Gasteiger partial charge in [-0.25, -0.2) is 4.98 Å². The summed E-state index contributed by atoms with van der Waals surface area (Å²) in [6.07, 6.45) is -4.73. The summed E-state index contributed by atoms with van der Waals surface area (Å²) in [5, 5.41) is 0.559.